The lowest BCUT2D eigenvalue weighted by Gasteiger charge is -2.12. The highest BCUT2D eigenvalue weighted by molar-refractivity contribution is 6.01. The fraction of sp³-hybridized carbons (Fsp3) is 0.677. The molecule has 1 heterocycles. The number of carbonyl (C=O) groups excluding carboxylic acids is 4. The third kappa shape index (κ3) is 20.9. The number of nitrogens with zero attached hydrogens (tertiary/aromatic N) is 1. The van der Waals surface area contributed by atoms with Crippen LogP contribution in [0.15, 0.2) is 30.3 Å². The van der Waals surface area contributed by atoms with Gasteiger partial charge in [0.05, 0.1) is 119 Å². The third-order valence-electron chi connectivity index (χ3n) is 5.95. The Morgan fingerprint density at radius 3 is 1.24 bits per heavy atom. The summed E-state index contributed by atoms with van der Waals surface area (Å²) in [4.78, 5) is 50.8. The van der Waals surface area contributed by atoms with Crippen LogP contribution in [0.3, 0.4) is 0 Å². The van der Waals surface area contributed by atoms with E-state index in [0.29, 0.717) is 91.0 Å². The molecular formula is C31H47NO14. The molecule has 1 saturated heterocycles. The Kier molecular flexibility index (Phi) is 23.1. The van der Waals surface area contributed by atoms with Crippen LogP contribution in [0.2, 0.25) is 0 Å². The molecule has 0 aromatic heterocycles. The summed E-state index contributed by atoms with van der Waals surface area (Å²) in [7, 11) is 0. The maximum atomic E-state index is 11.7. The van der Waals surface area contributed by atoms with E-state index in [1.165, 1.54) is 0 Å². The maximum Gasteiger partial charge on any atom is 0.335 e. The highest BCUT2D eigenvalue weighted by Crippen LogP contribution is 2.12. The van der Waals surface area contributed by atoms with Crippen molar-refractivity contribution >= 4 is 23.8 Å². The van der Waals surface area contributed by atoms with Gasteiger partial charge in [0.1, 0.15) is 6.61 Å². The van der Waals surface area contributed by atoms with E-state index in [1.807, 2.05) is 30.3 Å². The van der Waals surface area contributed by atoms with Crippen LogP contribution in [0, 0.1) is 0 Å². The Balaban J connectivity index is 1.19. The summed E-state index contributed by atoms with van der Waals surface area (Å²) in [5.41, 5.74) is 0.950. The van der Waals surface area contributed by atoms with Crippen molar-refractivity contribution in [1.29, 1.82) is 0 Å². The van der Waals surface area contributed by atoms with Crippen LogP contribution in [0.1, 0.15) is 31.2 Å². The van der Waals surface area contributed by atoms with Crippen molar-refractivity contribution in [1.82, 2.24) is 5.06 Å². The van der Waals surface area contributed by atoms with Crippen LogP contribution in [0.4, 0.5) is 0 Å². The molecule has 0 aliphatic carbocycles. The van der Waals surface area contributed by atoms with E-state index in [4.69, 9.17) is 47.5 Å². The lowest BCUT2D eigenvalue weighted by molar-refractivity contribution is -0.198. The largest absolute Gasteiger partial charge is 0.461 e. The van der Waals surface area contributed by atoms with E-state index in [-0.39, 0.29) is 58.1 Å². The molecule has 0 unspecified atom stereocenters. The van der Waals surface area contributed by atoms with Crippen LogP contribution >= 0.6 is 0 Å². The van der Waals surface area contributed by atoms with Gasteiger partial charge in [-0.1, -0.05) is 30.3 Å². The summed E-state index contributed by atoms with van der Waals surface area (Å²) in [6, 6.07) is 9.52. The van der Waals surface area contributed by atoms with Gasteiger partial charge in [0.25, 0.3) is 11.8 Å². The van der Waals surface area contributed by atoms with Crippen molar-refractivity contribution in [3.63, 3.8) is 0 Å². The number of carbonyl (C=O) groups is 4. The first-order valence-corrected chi connectivity index (χ1v) is 15.4. The highest BCUT2D eigenvalue weighted by Gasteiger charge is 2.32. The van der Waals surface area contributed by atoms with Gasteiger partial charge in [-0.15, -0.1) is 5.06 Å². The molecule has 0 bridgehead atoms. The van der Waals surface area contributed by atoms with E-state index in [1.54, 1.807) is 0 Å². The quantitative estimate of drug-likeness (QED) is 0.0660. The molecule has 0 N–H and O–H groups in total. The number of amides is 2. The predicted molar refractivity (Wildman–Crippen MR) is 159 cm³/mol. The van der Waals surface area contributed by atoms with Crippen molar-refractivity contribution in [2.24, 2.45) is 0 Å². The van der Waals surface area contributed by atoms with Gasteiger partial charge in [-0.2, -0.15) is 0 Å². The zero-order valence-corrected chi connectivity index (χ0v) is 26.4. The van der Waals surface area contributed by atoms with Crippen molar-refractivity contribution in [3.05, 3.63) is 35.9 Å². The smallest absolute Gasteiger partial charge is 0.335 e. The van der Waals surface area contributed by atoms with Gasteiger partial charge in [-0.05, 0) is 5.56 Å². The number of imide groups is 1. The van der Waals surface area contributed by atoms with E-state index < -0.39 is 17.8 Å². The minimum absolute atomic E-state index is 0.0569. The number of hydrogen-bond donors (Lipinski definition) is 0. The standard InChI is InChI=1S/C31H47NO14/c33-28-6-7-29(34)32(28)46-31(36)9-11-38-13-15-40-17-19-42-21-23-44-25-24-43-22-20-41-18-16-39-14-12-37-10-8-30(35)45-26-27-4-2-1-3-5-27/h1-5H,6-26H2. The molecule has 1 aliphatic heterocycles. The van der Waals surface area contributed by atoms with Crippen LogP contribution in [0.25, 0.3) is 0 Å². The molecule has 0 atom stereocenters. The maximum absolute atomic E-state index is 11.7. The number of ether oxygens (including phenoxy) is 9. The van der Waals surface area contributed by atoms with Crippen LogP contribution in [-0.4, -0.2) is 135 Å². The first-order chi connectivity index (χ1) is 22.6. The second-order valence-electron chi connectivity index (χ2n) is 9.59. The Morgan fingerprint density at radius 1 is 0.500 bits per heavy atom. The monoisotopic (exact) mass is 657 g/mol. The fourth-order valence-corrected chi connectivity index (χ4v) is 3.57. The number of benzene rings is 1. The Morgan fingerprint density at radius 2 is 0.848 bits per heavy atom. The predicted octanol–water partition coefficient (Wildman–Crippen LogP) is 1.25. The molecule has 2 rings (SSSR count). The summed E-state index contributed by atoms with van der Waals surface area (Å²) in [5, 5.41) is 0.516. The molecule has 15 nitrogen and oxygen atoms in total. The Bertz CT molecular complexity index is 948. The molecule has 2 amide bonds. The Hall–Kier alpha value is -3.02. The zero-order chi connectivity index (χ0) is 32.9. The minimum Gasteiger partial charge on any atom is -0.461 e. The van der Waals surface area contributed by atoms with Crippen LogP contribution in [-0.2, 0) is 73.3 Å². The Labute approximate surface area is 269 Å². The van der Waals surface area contributed by atoms with Gasteiger partial charge < -0.3 is 47.5 Å². The van der Waals surface area contributed by atoms with Crippen molar-refractivity contribution in [3.8, 4) is 0 Å². The molecule has 1 fully saturated rings. The first kappa shape index (κ1) is 39.2. The molecule has 1 aliphatic rings. The van der Waals surface area contributed by atoms with E-state index in [9.17, 15) is 19.2 Å². The average Bonchev–Trinajstić information content (AvgIpc) is 3.38. The first-order valence-electron chi connectivity index (χ1n) is 15.4. The molecule has 0 radical (unpaired) electrons. The number of hydrogen-bond acceptors (Lipinski definition) is 14. The summed E-state index contributed by atoms with van der Waals surface area (Å²) in [5.74, 6) is -2.02. The van der Waals surface area contributed by atoms with Gasteiger partial charge in [-0.25, -0.2) is 4.79 Å². The van der Waals surface area contributed by atoms with Gasteiger partial charge in [0, 0.05) is 12.8 Å². The molecule has 1 aromatic rings. The van der Waals surface area contributed by atoms with E-state index in [2.05, 4.69) is 0 Å². The average molecular weight is 658 g/mol. The molecule has 15 heteroatoms. The van der Waals surface area contributed by atoms with Crippen molar-refractivity contribution in [2.75, 3.05) is 106 Å². The van der Waals surface area contributed by atoms with Gasteiger partial charge in [0.15, 0.2) is 0 Å². The van der Waals surface area contributed by atoms with Crippen LogP contribution in [0.5, 0.6) is 0 Å². The van der Waals surface area contributed by atoms with E-state index in [0.717, 1.165) is 5.56 Å². The molecule has 1 aromatic carbocycles. The lowest BCUT2D eigenvalue weighted by Crippen LogP contribution is -2.32. The molecule has 46 heavy (non-hydrogen) atoms. The third-order valence-corrected chi connectivity index (χ3v) is 5.95. The summed E-state index contributed by atoms with van der Waals surface area (Å²) in [6.45, 7) is 6.43. The number of hydroxylamine groups is 2. The topological polar surface area (TPSA) is 164 Å². The van der Waals surface area contributed by atoms with Crippen LogP contribution < -0.4 is 0 Å². The molecule has 0 spiro atoms. The lowest BCUT2D eigenvalue weighted by atomic mass is 10.2. The highest BCUT2D eigenvalue weighted by atomic mass is 16.7. The minimum atomic E-state index is -0.702. The van der Waals surface area contributed by atoms with Crippen molar-refractivity contribution < 1.29 is 66.6 Å². The molecule has 260 valence electrons. The summed E-state index contributed by atoms with van der Waals surface area (Å²) in [6.07, 6.45) is 0.237. The second-order valence-corrected chi connectivity index (χ2v) is 9.59. The summed E-state index contributed by atoms with van der Waals surface area (Å²) >= 11 is 0. The molecule has 0 saturated carbocycles. The van der Waals surface area contributed by atoms with Gasteiger partial charge >= 0.3 is 11.9 Å². The number of rotatable bonds is 30. The van der Waals surface area contributed by atoms with Gasteiger partial charge in [-0.3, -0.25) is 14.4 Å². The zero-order valence-electron chi connectivity index (χ0n) is 26.4. The van der Waals surface area contributed by atoms with Crippen molar-refractivity contribution in [2.45, 2.75) is 32.3 Å². The fourth-order valence-electron chi connectivity index (χ4n) is 3.57. The summed E-state index contributed by atoms with van der Waals surface area (Å²) < 4.78 is 48.4. The SMILES string of the molecule is O=C(CCOCCOCCOCCOCCOCCOCCOCCOCCC(=O)ON1C(=O)CCC1=O)OCc1ccccc1. The number of esters is 1. The molecular weight excluding hydrogens is 610 g/mol. The van der Waals surface area contributed by atoms with Gasteiger partial charge in [0.2, 0.25) is 0 Å². The normalized spacial score (nSPS) is 13.0. The van der Waals surface area contributed by atoms with E-state index >= 15 is 0 Å². The second kappa shape index (κ2) is 27.1.